The van der Waals surface area contributed by atoms with Crippen molar-refractivity contribution >= 4 is 23.3 Å². The van der Waals surface area contributed by atoms with Crippen LogP contribution in [-0.4, -0.2) is 79.0 Å². The monoisotopic (exact) mass is 603 g/mol. The predicted molar refractivity (Wildman–Crippen MR) is 158 cm³/mol. The van der Waals surface area contributed by atoms with E-state index in [0.29, 0.717) is 18.5 Å². The number of unbranched alkanes of at least 4 members (excludes halogenated alkanes) is 1. The molecule has 234 valence electrons. The minimum atomic E-state index is -4.86. The number of carbonyl (C=O) groups is 2. The van der Waals surface area contributed by atoms with Gasteiger partial charge < -0.3 is 25.3 Å². The standard InChI is InChI=1S/C32H41F4N5O2/c1-22(42)37-25-7-5-6-23(18-25)31-11-10-27(19-24(31)21-31)41(13-4-3-12-40-16-14-39(2)15-17-40)30(43)38-26-8-9-29(33)28(20-26)32(34,35)36/h5-9,18,20,24,27H,3-4,10-17,19,21H2,1-2H3,(H,37,42)(H,38,43)/t24?,27-,31-/m1/s1. The van der Waals surface area contributed by atoms with Crippen molar-refractivity contribution in [2.24, 2.45) is 5.92 Å². The number of carbonyl (C=O) groups excluding carboxylic acids is 2. The van der Waals surface area contributed by atoms with Gasteiger partial charge in [0, 0.05) is 57.1 Å². The summed E-state index contributed by atoms with van der Waals surface area (Å²) in [7, 11) is 2.12. The number of amides is 3. The van der Waals surface area contributed by atoms with Crippen LogP contribution in [0.15, 0.2) is 42.5 Å². The minimum Gasteiger partial charge on any atom is -0.326 e. The van der Waals surface area contributed by atoms with Crippen molar-refractivity contribution in [3.63, 3.8) is 0 Å². The first-order chi connectivity index (χ1) is 20.4. The molecule has 2 aromatic rings. The lowest BCUT2D eigenvalue weighted by molar-refractivity contribution is -0.139. The second-order valence-electron chi connectivity index (χ2n) is 12.4. The number of nitrogens with zero attached hydrogens (tertiary/aromatic N) is 3. The highest BCUT2D eigenvalue weighted by molar-refractivity contribution is 5.90. The van der Waals surface area contributed by atoms with E-state index in [-0.39, 0.29) is 23.1 Å². The Balaban J connectivity index is 1.26. The number of hydrogen-bond donors (Lipinski definition) is 2. The molecule has 2 saturated carbocycles. The summed E-state index contributed by atoms with van der Waals surface area (Å²) < 4.78 is 53.8. The van der Waals surface area contributed by atoms with Crippen LogP contribution >= 0.6 is 0 Å². The van der Waals surface area contributed by atoms with Crippen LogP contribution in [0.4, 0.5) is 33.7 Å². The molecule has 11 heteroatoms. The van der Waals surface area contributed by atoms with Crippen LogP contribution in [0, 0.1) is 11.7 Å². The lowest BCUT2D eigenvalue weighted by Crippen LogP contribution is -2.46. The average molecular weight is 604 g/mol. The maximum atomic E-state index is 13.9. The fourth-order valence-corrected chi connectivity index (χ4v) is 6.91. The van der Waals surface area contributed by atoms with Gasteiger partial charge in [-0.05, 0) is 99.3 Å². The highest BCUT2D eigenvalue weighted by atomic mass is 19.4. The first kappa shape index (κ1) is 31.3. The molecule has 3 aliphatic rings. The summed E-state index contributed by atoms with van der Waals surface area (Å²) >= 11 is 0. The number of piperazine rings is 1. The quantitative estimate of drug-likeness (QED) is 0.266. The lowest BCUT2D eigenvalue weighted by Gasteiger charge is -2.37. The van der Waals surface area contributed by atoms with E-state index in [4.69, 9.17) is 0 Å². The number of fused-ring (bicyclic) bond motifs is 1. The molecule has 7 nitrogen and oxygen atoms in total. The average Bonchev–Trinajstić information content (AvgIpc) is 3.69. The topological polar surface area (TPSA) is 67.9 Å². The third-order valence-corrected chi connectivity index (χ3v) is 9.41. The zero-order valence-corrected chi connectivity index (χ0v) is 24.9. The molecule has 2 aromatic carbocycles. The Morgan fingerprint density at radius 3 is 2.47 bits per heavy atom. The summed E-state index contributed by atoms with van der Waals surface area (Å²) in [5.41, 5.74) is 0.508. The number of benzene rings is 2. The minimum absolute atomic E-state index is 0.0209. The van der Waals surface area contributed by atoms with Gasteiger partial charge in [0.1, 0.15) is 5.82 Å². The normalized spacial score (nSPS) is 24.2. The second-order valence-corrected chi connectivity index (χ2v) is 12.4. The van der Waals surface area contributed by atoms with Gasteiger partial charge in [-0.25, -0.2) is 9.18 Å². The number of halogens is 4. The Morgan fingerprint density at radius 1 is 1.02 bits per heavy atom. The number of alkyl halides is 3. The van der Waals surface area contributed by atoms with Crippen LogP contribution in [0.5, 0.6) is 0 Å². The second kappa shape index (κ2) is 12.8. The van der Waals surface area contributed by atoms with Crippen molar-refractivity contribution in [3.8, 4) is 0 Å². The number of nitrogens with one attached hydrogen (secondary N) is 2. The van der Waals surface area contributed by atoms with Crippen LogP contribution in [0.1, 0.15) is 56.6 Å². The largest absolute Gasteiger partial charge is 0.419 e. The molecule has 1 aliphatic heterocycles. The van der Waals surface area contributed by atoms with E-state index in [9.17, 15) is 27.2 Å². The van der Waals surface area contributed by atoms with Crippen molar-refractivity contribution in [3.05, 3.63) is 59.4 Å². The molecule has 1 heterocycles. The number of rotatable bonds is 9. The van der Waals surface area contributed by atoms with Crippen LogP contribution in [0.3, 0.4) is 0 Å². The fourth-order valence-electron chi connectivity index (χ4n) is 6.91. The summed E-state index contributed by atoms with van der Waals surface area (Å²) in [6, 6.07) is 10.0. The number of anilines is 2. The van der Waals surface area contributed by atoms with Crippen LogP contribution in [-0.2, 0) is 16.4 Å². The van der Waals surface area contributed by atoms with E-state index in [2.05, 4.69) is 33.5 Å². The Morgan fingerprint density at radius 2 is 1.77 bits per heavy atom. The first-order valence-corrected chi connectivity index (χ1v) is 15.2. The van der Waals surface area contributed by atoms with Crippen molar-refractivity contribution in [1.82, 2.24) is 14.7 Å². The molecule has 3 amide bonds. The molecule has 3 atom stereocenters. The highest BCUT2D eigenvalue weighted by Crippen LogP contribution is 2.63. The van der Waals surface area contributed by atoms with E-state index >= 15 is 0 Å². The molecule has 5 rings (SSSR count). The van der Waals surface area contributed by atoms with E-state index in [0.717, 1.165) is 83.0 Å². The molecule has 1 unspecified atom stereocenters. The Hall–Kier alpha value is -3.18. The molecule has 3 fully saturated rings. The molecule has 2 N–H and O–H groups in total. The van der Waals surface area contributed by atoms with Gasteiger partial charge in [0.25, 0.3) is 0 Å². The van der Waals surface area contributed by atoms with Crippen molar-refractivity contribution in [1.29, 1.82) is 0 Å². The third-order valence-electron chi connectivity index (χ3n) is 9.41. The van der Waals surface area contributed by atoms with Crippen molar-refractivity contribution < 1.29 is 27.2 Å². The zero-order valence-electron chi connectivity index (χ0n) is 24.9. The Labute approximate surface area is 250 Å². The van der Waals surface area contributed by atoms with E-state index in [1.165, 1.54) is 18.6 Å². The molecular weight excluding hydrogens is 562 g/mol. The van der Waals surface area contributed by atoms with Gasteiger partial charge in [0.2, 0.25) is 5.91 Å². The first-order valence-electron chi connectivity index (χ1n) is 15.2. The summed E-state index contributed by atoms with van der Waals surface area (Å²) in [6.07, 6.45) is 0.284. The van der Waals surface area contributed by atoms with Gasteiger partial charge >= 0.3 is 12.2 Å². The van der Waals surface area contributed by atoms with Crippen LogP contribution < -0.4 is 10.6 Å². The molecule has 43 heavy (non-hydrogen) atoms. The van der Waals surface area contributed by atoms with Crippen LogP contribution in [0.25, 0.3) is 0 Å². The molecule has 0 radical (unpaired) electrons. The van der Waals surface area contributed by atoms with Gasteiger partial charge in [-0.1, -0.05) is 12.1 Å². The van der Waals surface area contributed by atoms with Gasteiger partial charge in [-0.15, -0.1) is 0 Å². The molecule has 0 aromatic heterocycles. The van der Waals surface area contributed by atoms with Crippen LogP contribution in [0.2, 0.25) is 0 Å². The third kappa shape index (κ3) is 7.49. The summed E-state index contributed by atoms with van der Waals surface area (Å²) in [5, 5.41) is 5.49. The molecule has 2 aliphatic carbocycles. The Bertz CT molecular complexity index is 1310. The lowest BCUT2D eigenvalue weighted by atomic mass is 9.80. The SMILES string of the molecule is CC(=O)Nc1cccc([C@]23CC[C@@H](N(CCCCN4CCN(C)CC4)C(=O)Nc4ccc(F)c(C(F)(F)F)c4)CC2C3)c1. The van der Waals surface area contributed by atoms with Crippen molar-refractivity contribution in [2.75, 3.05) is 56.9 Å². The van der Waals surface area contributed by atoms with Crippen molar-refractivity contribution in [2.45, 2.75) is 63.1 Å². The van der Waals surface area contributed by atoms with Gasteiger partial charge in [0.15, 0.2) is 0 Å². The summed E-state index contributed by atoms with van der Waals surface area (Å²) in [6.45, 7) is 7.02. The maximum Gasteiger partial charge on any atom is 0.419 e. The van der Waals surface area contributed by atoms with Gasteiger partial charge in [0.05, 0.1) is 5.56 Å². The molecule has 0 bridgehead atoms. The van der Waals surface area contributed by atoms with E-state index < -0.39 is 23.6 Å². The highest BCUT2D eigenvalue weighted by Gasteiger charge is 2.58. The molecular formula is C32H41F4N5O2. The fraction of sp³-hybridized carbons (Fsp3) is 0.562. The number of likely N-dealkylation sites (N-methyl/N-ethyl adjacent to an activating group) is 1. The smallest absolute Gasteiger partial charge is 0.326 e. The maximum absolute atomic E-state index is 13.9. The molecule has 0 spiro atoms. The zero-order chi connectivity index (χ0) is 30.8. The van der Waals surface area contributed by atoms with E-state index in [1.807, 2.05) is 18.2 Å². The van der Waals surface area contributed by atoms with E-state index in [1.54, 1.807) is 4.90 Å². The Kier molecular flexibility index (Phi) is 9.31. The number of urea groups is 1. The summed E-state index contributed by atoms with van der Waals surface area (Å²) in [4.78, 5) is 31.7. The van der Waals surface area contributed by atoms with Gasteiger partial charge in [-0.3, -0.25) is 4.79 Å². The summed E-state index contributed by atoms with van der Waals surface area (Å²) in [5.74, 6) is -1.11. The number of hydrogen-bond acceptors (Lipinski definition) is 4. The molecule has 1 saturated heterocycles. The predicted octanol–water partition coefficient (Wildman–Crippen LogP) is 6.17. The van der Waals surface area contributed by atoms with Gasteiger partial charge in [-0.2, -0.15) is 13.2 Å².